The molecule has 0 aromatic carbocycles. The van der Waals surface area contributed by atoms with Gasteiger partial charge in [0, 0.05) is 6.04 Å². The van der Waals surface area contributed by atoms with Crippen LogP contribution in [0.4, 0.5) is 0 Å². The fourth-order valence-corrected chi connectivity index (χ4v) is 4.47. The van der Waals surface area contributed by atoms with E-state index in [1.165, 1.54) is 19.3 Å². The number of carboxylic acid groups (broad SMARTS) is 1. The molecule has 5 unspecified atom stereocenters. The second kappa shape index (κ2) is 4.02. The van der Waals surface area contributed by atoms with E-state index < -0.39 is 5.97 Å². The number of rotatable bonds is 1. The minimum atomic E-state index is -0.552. The molecular weight excluding hydrogens is 202 g/mol. The van der Waals surface area contributed by atoms with Crippen LogP contribution in [0.15, 0.2) is 0 Å². The number of piperidine rings is 1. The van der Waals surface area contributed by atoms with Gasteiger partial charge in [-0.2, -0.15) is 0 Å². The molecule has 3 fully saturated rings. The molecule has 90 valence electrons. The first kappa shape index (κ1) is 10.6. The number of aliphatic carboxylic acids is 1. The molecule has 2 N–H and O–H groups in total. The molecule has 3 heteroatoms. The lowest BCUT2D eigenvalue weighted by Crippen LogP contribution is -2.54. The summed E-state index contributed by atoms with van der Waals surface area (Å²) in [6.45, 7) is 1.09. The molecule has 0 aromatic heterocycles. The SMILES string of the molecule is O=C(O)C1CC2CCCC2C2NCCCC12. The van der Waals surface area contributed by atoms with Crippen LogP contribution in [0.2, 0.25) is 0 Å². The van der Waals surface area contributed by atoms with Crippen molar-refractivity contribution >= 4 is 5.97 Å². The van der Waals surface area contributed by atoms with Crippen LogP contribution in [-0.2, 0) is 4.79 Å². The third-order valence-corrected chi connectivity index (χ3v) is 5.13. The van der Waals surface area contributed by atoms with Gasteiger partial charge in [0.25, 0.3) is 0 Å². The van der Waals surface area contributed by atoms with Gasteiger partial charge in [-0.1, -0.05) is 12.8 Å². The third-order valence-electron chi connectivity index (χ3n) is 5.13. The van der Waals surface area contributed by atoms with Crippen molar-refractivity contribution in [1.82, 2.24) is 5.32 Å². The quantitative estimate of drug-likeness (QED) is 0.713. The summed E-state index contributed by atoms with van der Waals surface area (Å²) in [6.07, 6.45) is 7.13. The first-order chi connectivity index (χ1) is 7.77. The molecule has 0 radical (unpaired) electrons. The molecule has 3 aliphatic rings. The zero-order valence-electron chi connectivity index (χ0n) is 9.69. The molecule has 0 aromatic rings. The fraction of sp³-hybridized carbons (Fsp3) is 0.923. The summed E-state index contributed by atoms with van der Waals surface area (Å²) in [5.74, 6) is 1.25. The highest BCUT2D eigenvalue weighted by Crippen LogP contribution is 2.49. The molecular formula is C13H21NO2. The standard InChI is InChI=1S/C13H21NO2/c15-13(16)11-7-8-3-1-4-9(8)12-10(11)5-2-6-14-12/h8-12,14H,1-7H2,(H,15,16). The fourth-order valence-electron chi connectivity index (χ4n) is 4.47. The zero-order chi connectivity index (χ0) is 11.1. The Hall–Kier alpha value is -0.570. The molecule has 1 heterocycles. The summed E-state index contributed by atoms with van der Waals surface area (Å²) in [4.78, 5) is 11.4. The highest BCUT2D eigenvalue weighted by molar-refractivity contribution is 5.70. The van der Waals surface area contributed by atoms with E-state index in [1.807, 2.05) is 0 Å². The summed E-state index contributed by atoms with van der Waals surface area (Å²) in [6, 6.07) is 0.510. The lowest BCUT2D eigenvalue weighted by atomic mass is 9.64. The van der Waals surface area contributed by atoms with Gasteiger partial charge < -0.3 is 10.4 Å². The van der Waals surface area contributed by atoms with Crippen LogP contribution in [0.5, 0.6) is 0 Å². The average Bonchev–Trinajstić information content (AvgIpc) is 2.75. The highest BCUT2D eigenvalue weighted by Gasteiger charge is 2.49. The molecule has 1 aliphatic heterocycles. The summed E-state index contributed by atoms with van der Waals surface area (Å²) in [7, 11) is 0. The van der Waals surface area contributed by atoms with Gasteiger partial charge in [-0.3, -0.25) is 4.79 Å². The number of carbonyl (C=O) groups is 1. The smallest absolute Gasteiger partial charge is 0.306 e. The van der Waals surface area contributed by atoms with Crippen molar-refractivity contribution in [1.29, 1.82) is 0 Å². The number of hydrogen-bond acceptors (Lipinski definition) is 2. The monoisotopic (exact) mass is 223 g/mol. The largest absolute Gasteiger partial charge is 0.481 e. The van der Waals surface area contributed by atoms with Crippen LogP contribution < -0.4 is 5.32 Å². The molecule has 2 aliphatic carbocycles. The molecule has 0 amide bonds. The van der Waals surface area contributed by atoms with Gasteiger partial charge in [0.15, 0.2) is 0 Å². The summed E-state index contributed by atoms with van der Waals surface area (Å²) in [5, 5.41) is 13.0. The Morgan fingerprint density at radius 1 is 1.12 bits per heavy atom. The minimum Gasteiger partial charge on any atom is -0.481 e. The van der Waals surface area contributed by atoms with Crippen molar-refractivity contribution in [2.75, 3.05) is 6.54 Å². The van der Waals surface area contributed by atoms with E-state index in [-0.39, 0.29) is 5.92 Å². The van der Waals surface area contributed by atoms with Crippen molar-refractivity contribution in [2.45, 2.75) is 44.6 Å². The van der Waals surface area contributed by atoms with E-state index in [1.54, 1.807) is 0 Å². The number of nitrogens with one attached hydrogen (secondary N) is 1. The van der Waals surface area contributed by atoms with E-state index in [0.717, 1.165) is 31.7 Å². The van der Waals surface area contributed by atoms with Crippen LogP contribution in [0.1, 0.15) is 38.5 Å². The van der Waals surface area contributed by atoms with E-state index in [0.29, 0.717) is 17.9 Å². The topological polar surface area (TPSA) is 49.3 Å². The molecule has 0 spiro atoms. The Labute approximate surface area is 96.6 Å². The number of carboxylic acids is 1. The van der Waals surface area contributed by atoms with Gasteiger partial charge in [0.2, 0.25) is 0 Å². The number of hydrogen-bond donors (Lipinski definition) is 2. The maximum atomic E-state index is 11.4. The maximum Gasteiger partial charge on any atom is 0.306 e. The summed E-state index contributed by atoms with van der Waals surface area (Å²) in [5.41, 5.74) is 0. The van der Waals surface area contributed by atoms with E-state index in [9.17, 15) is 9.90 Å². The highest BCUT2D eigenvalue weighted by atomic mass is 16.4. The molecule has 5 atom stereocenters. The van der Waals surface area contributed by atoms with E-state index in [4.69, 9.17) is 0 Å². The van der Waals surface area contributed by atoms with Crippen molar-refractivity contribution < 1.29 is 9.90 Å². The Balaban J connectivity index is 1.85. The normalized spacial score (nSPS) is 47.1. The predicted molar refractivity (Wildman–Crippen MR) is 61.1 cm³/mol. The number of fused-ring (bicyclic) bond motifs is 3. The van der Waals surface area contributed by atoms with Gasteiger partial charge in [-0.25, -0.2) is 0 Å². The predicted octanol–water partition coefficient (Wildman–Crippen LogP) is 1.88. The summed E-state index contributed by atoms with van der Waals surface area (Å²) >= 11 is 0. The van der Waals surface area contributed by atoms with Gasteiger partial charge in [-0.05, 0) is 50.0 Å². The molecule has 0 bridgehead atoms. The van der Waals surface area contributed by atoms with Crippen LogP contribution in [-0.4, -0.2) is 23.7 Å². The molecule has 1 saturated heterocycles. The van der Waals surface area contributed by atoms with Crippen molar-refractivity contribution in [3.8, 4) is 0 Å². The lowest BCUT2D eigenvalue weighted by molar-refractivity contribution is -0.148. The molecule has 16 heavy (non-hydrogen) atoms. The Morgan fingerprint density at radius 2 is 1.94 bits per heavy atom. The van der Waals surface area contributed by atoms with Gasteiger partial charge in [0.05, 0.1) is 5.92 Å². The second-order valence-corrected chi connectivity index (χ2v) is 5.82. The second-order valence-electron chi connectivity index (χ2n) is 5.82. The van der Waals surface area contributed by atoms with Gasteiger partial charge in [-0.15, -0.1) is 0 Å². The average molecular weight is 223 g/mol. The molecule has 3 nitrogen and oxygen atoms in total. The third kappa shape index (κ3) is 1.56. The first-order valence-corrected chi connectivity index (χ1v) is 6.73. The minimum absolute atomic E-state index is 0.0721. The Bertz CT molecular complexity index is 292. The van der Waals surface area contributed by atoms with Crippen molar-refractivity contribution in [2.24, 2.45) is 23.7 Å². The van der Waals surface area contributed by atoms with Crippen LogP contribution in [0.25, 0.3) is 0 Å². The van der Waals surface area contributed by atoms with E-state index in [2.05, 4.69) is 5.32 Å². The van der Waals surface area contributed by atoms with Gasteiger partial charge in [0.1, 0.15) is 0 Å². The molecule has 3 rings (SSSR count). The zero-order valence-corrected chi connectivity index (χ0v) is 9.69. The van der Waals surface area contributed by atoms with Gasteiger partial charge >= 0.3 is 5.97 Å². The van der Waals surface area contributed by atoms with Crippen LogP contribution >= 0.6 is 0 Å². The van der Waals surface area contributed by atoms with Crippen molar-refractivity contribution in [3.05, 3.63) is 0 Å². The first-order valence-electron chi connectivity index (χ1n) is 6.73. The maximum absolute atomic E-state index is 11.4. The summed E-state index contributed by atoms with van der Waals surface area (Å²) < 4.78 is 0. The molecule has 2 saturated carbocycles. The Kier molecular flexibility index (Phi) is 2.66. The van der Waals surface area contributed by atoms with Crippen LogP contribution in [0, 0.1) is 23.7 Å². The Morgan fingerprint density at radius 3 is 2.75 bits per heavy atom. The van der Waals surface area contributed by atoms with Crippen LogP contribution in [0.3, 0.4) is 0 Å². The van der Waals surface area contributed by atoms with E-state index >= 15 is 0 Å². The lowest BCUT2D eigenvalue weighted by Gasteiger charge is -2.46. The van der Waals surface area contributed by atoms with Crippen molar-refractivity contribution in [3.63, 3.8) is 0 Å².